The zero-order valence-corrected chi connectivity index (χ0v) is 22.0. The molecule has 5 heteroatoms. The fourth-order valence-electron chi connectivity index (χ4n) is 3.50. The van der Waals surface area contributed by atoms with Crippen LogP contribution in [-0.4, -0.2) is 0 Å². The molecule has 0 saturated carbocycles. The summed E-state index contributed by atoms with van der Waals surface area (Å²) in [6.45, 7) is 0. The number of benzene rings is 4. The molecular formula is C24H20Cl3PZn. The molecule has 0 aliphatic heterocycles. The van der Waals surface area contributed by atoms with Crippen LogP contribution in [0.2, 0.25) is 0 Å². The van der Waals surface area contributed by atoms with E-state index in [9.17, 15) is 0 Å². The smallest absolute Gasteiger partial charge is 0.0620 e. The molecule has 0 amide bonds. The second-order valence-electron chi connectivity index (χ2n) is 6.32. The summed E-state index contributed by atoms with van der Waals surface area (Å²) in [5.41, 5.74) is 0. The predicted molar refractivity (Wildman–Crippen MR) is 129 cm³/mol. The summed E-state index contributed by atoms with van der Waals surface area (Å²) in [5.74, 6) is 0. The molecule has 0 radical (unpaired) electrons. The molecule has 4 rings (SSSR count). The summed E-state index contributed by atoms with van der Waals surface area (Å²) < 4.78 is 0. The van der Waals surface area contributed by atoms with Crippen molar-refractivity contribution in [3.05, 3.63) is 121 Å². The molecule has 0 heterocycles. The van der Waals surface area contributed by atoms with Crippen LogP contribution in [0, 0.1) is 0 Å². The molecule has 144 valence electrons. The molecular weight excluding hydrogens is 491 g/mol. The van der Waals surface area contributed by atoms with E-state index in [1.807, 2.05) is 0 Å². The van der Waals surface area contributed by atoms with Gasteiger partial charge in [-0.1, -0.05) is 72.8 Å². The van der Waals surface area contributed by atoms with Crippen LogP contribution >= 0.6 is 36.3 Å². The number of hydrogen-bond donors (Lipinski definition) is 0. The third-order valence-corrected chi connectivity index (χ3v) is 8.86. The second kappa shape index (κ2) is 11.3. The van der Waals surface area contributed by atoms with E-state index in [0.29, 0.717) is 0 Å². The maximum atomic E-state index is 5.01. The average molecular weight is 511 g/mol. The minimum Gasteiger partial charge on any atom is -0.0620 e. The van der Waals surface area contributed by atoms with Crippen molar-refractivity contribution in [1.82, 2.24) is 0 Å². The Labute approximate surface area is 190 Å². The third-order valence-electron chi connectivity index (χ3n) is 4.57. The first-order chi connectivity index (χ1) is 14.2. The molecule has 4 aromatic carbocycles. The number of rotatable bonds is 4. The van der Waals surface area contributed by atoms with Crippen LogP contribution in [0.1, 0.15) is 0 Å². The van der Waals surface area contributed by atoms with Gasteiger partial charge in [-0.25, -0.2) is 0 Å². The van der Waals surface area contributed by atoms with Gasteiger partial charge in [0.15, 0.2) is 0 Å². The van der Waals surface area contributed by atoms with Crippen molar-refractivity contribution >= 4 is 57.6 Å². The van der Waals surface area contributed by atoms with E-state index in [1.54, 1.807) is 0 Å². The number of halogens is 3. The maximum Gasteiger partial charge on any atom is 0.144 e. The van der Waals surface area contributed by atoms with Crippen LogP contribution in [0.3, 0.4) is 0 Å². The summed E-state index contributed by atoms with van der Waals surface area (Å²) in [4.78, 5) is 0. The van der Waals surface area contributed by atoms with Gasteiger partial charge >= 0.3 is 42.1 Å². The molecule has 0 aliphatic rings. The van der Waals surface area contributed by atoms with Crippen LogP contribution in [0.15, 0.2) is 121 Å². The third kappa shape index (κ3) is 5.49. The largest absolute Gasteiger partial charge is 0.144 e. The Hall–Kier alpha value is -1.20. The molecule has 4 aromatic rings. The standard InChI is InChI=1S/C24H20P.3ClH.Zn/c1-5-13-21(14-6-1)25(22-15-7-2-8-16-22,23-17-9-3-10-18-23)24-19-11-4-12-20-24;;;;/h1-20H;3*1H;/q+1;;;;+2/p-3. The Bertz CT molecular complexity index is 815. The Balaban J connectivity index is 0.000000552. The van der Waals surface area contributed by atoms with E-state index in [0.717, 1.165) is 0 Å². The van der Waals surface area contributed by atoms with Crippen molar-refractivity contribution in [2.75, 3.05) is 0 Å². The molecule has 0 aliphatic carbocycles. The first kappa shape index (κ1) is 22.5. The average Bonchev–Trinajstić information content (AvgIpc) is 2.77. The van der Waals surface area contributed by atoms with Gasteiger partial charge in [-0.2, -0.15) is 0 Å². The van der Waals surface area contributed by atoms with Crippen LogP contribution in [0.25, 0.3) is 0 Å². The fraction of sp³-hybridized carbons (Fsp3) is 0. The van der Waals surface area contributed by atoms with Gasteiger partial charge in [0.05, 0.1) is 0 Å². The number of hydrogen-bond acceptors (Lipinski definition) is 0. The molecule has 0 N–H and O–H groups in total. The fourth-order valence-corrected chi connectivity index (χ4v) is 7.77. The minimum absolute atomic E-state index is 1.39. The zero-order valence-electron chi connectivity index (χ0n) is 15.8. The van der Waals surface area contributed by atoms with Crippen molar-refractivity contribution in [3.8, 4) is 0 Å². The van der Waals surface area contributed by atoms with Gasteiger partial charge in [-0.15, -0.1) is 0 Å². The second-order valence-corrected chi connectivity index (χ2v) is 23.6. The molecule has 0 saturated heterocycles. The first-order valence-corrected chi connectivity index (χ1v) is 22.8. The Kier molecular flexibility index (Phi) is 8.73. The van der Waals surface area contributed by atoms with E-state index in [2.05, 4.69) is 121 Å². The topological polar surface area (TPSA) is 0 Å². The molecule has 0 spiro atoms. The molecule has 0 unspecified atom stereocenters. The van der Waals surface area contributed by atoms with Crippen molar-refractivity contribution in [2.45, 2.75) is 0 Å². The quantitative estimate of drug-likeness (QED) is 0.221. The molecule has 0 atom stereocenters. The minimum atomic E-state index is -2.21. The Morgan fingerprint density at radius 1 is 0.379 bits per heavy atom. The van der Waals surface area contributed by atoms with Crippen molar-refractivity contribution < 1.29 is 13.0 Å². The molecule has 0 nitrogen and oxygen atoms in total. The predicted octanol–water partition coefficient (Wildman–Crippen LogP) is 6.37. The summed E-state index contributed by atoms with van der Waals surface area (Å²) in [6, 6.07) is 43.8. The monoisotopic (exact) mass is 508 g/mol. The maximum absolute atomic E-state index is 5.01. The van der Waals surface area contributed by atoms with Crippen molar-refractivity contribution in [2.24, 2.45) is 0 Å². The SMILES string of the molecule is [Cl][Zn-]([Cl])[Cl].c1ccc([P+](c2ccccc2)(c2ccccc2)c2ccccc2)cc1. The van der Waals surface area contributed by atoms with Crippen LogP contribution in [0.4, 0.5) is 0 Å². The van der Waals surface area contributed by atoms with Crippen molar-refractivity contribution in [1.29, 1.82) is 0 Å². The van der Waals surface area contributed by atoms with Gasteiger partial charge < -0.3 is 0 Å². The normalized spacial score (nSPS) is 10.6. The van der Waals surface area contributed by atoms with E-state index in [1.165, 1.54) is 21.2 Å². The zero-order chi connectivity index (χ0) is 20.5. The van der Waals surface area contributed by atoms with Gasteiger partial charge in [0.1, 0.15) is 28.5 Å². The summed E-state index contributed by atoms with van der Waals surface area (Å²) >= 11 is -2.21. The van der Waals surface area contributed by atoms with E-state index in [4.69, 9.17) is 29.1 Å². The molecule has 0 aromatic heterocycles. The van der Waals surface area contributed by atoms with Gasteiger partial charge in [-0.3, -0.25) is 0 Å². The Morgan fingerprint density at radius 3 is 0.724 bits per heavy atom. The van der Waals surface area contributed by atoms with E-state index >= 15 is 0 Å². The van der Waals surface area contributed by atoms with Gasteiger partial charge in [0, 0.05) is 0 Å². The van der Waals surface area contributed by atoms with Gasteiger partial charge in [0.2, 0.25) is 0 Å². The van der Waals surface area contributed by atoms with Crippen molar-refractivity contribution in [3.63, 3.8) is 0 Å². The molecule has 0 fully saturated rings. The molecule has 29 heavy (non-hydrogen) atoms. The summed E-state index contributed by atoms with van der Waals surface area (Å²) in [7, 11) is 13.1. The van der Waals surface area contributed by atoms with Crippen LogP contribution in [0.5, 0.6) is 0 Å². The van der Waals surface area contributed by atoms with E-state index in [-0.39, 0.29) is 0 Å². The summed E-state index contributed by atoms with van der Waals surface area (Å²) in [6.07, 6.45) is 0. The van der Waals surface area contributed by atoms with Crippen LogP contribution < -0.4 is 21.2 Å². The van der Waals surface area contributed by atoms with Gasteiger partial charge in [0.25, 0.3) is 0 Å². The van der Waals surface area contributed by atoms with Gasteiger partial charge in [-0.05, 0) is 48.5 Å². The summed E-state index contributed by atoms with van der Waals surface area (Å²) in [5, 5.41) is 5.55. The molecule has 0 bridgehead atoms. The van der Waals surface area contributed by atoms with Crippen LogP contribution in [-0.2, 0) is 13.0 Å². The van der Waals surface area contributed by atoms with E-state index < -0.39 is 20.2 Å². The first-order valence-electron chi connectivity index (χ1n) is 9.34. The Morgan fingerprint density at radius 2 is 0.552 bits per heavy atom.